The van der Waals surface area contributed by atoms with Crippen molar-refractivity contribution in [3.05, 3.63) is 44.5 Å². The van der Waals surface area contributed by atoms with Gasteiger partial charge < -0.3 is 0 Å². The molecule has 0 aliphatic rings. The van der Waals surface area contributed by atoms with Crippen LogP contribution in [0.25, 0.3) is 0 Å². The molecular weight excluding hydrogens is 216 g/mol. The van der Waals surface area contributed by atoms with Crippen molar-refractivity contribution in [2.24, 2.45) is 0 Å². The van der Waals surface area contributed by atoms with E-state index in [0.29, 0.717) is 0 Å². The van der Waals surface area contributed by atoms with E-state index in [-0.39, 0.29) is 0 Å². The molecule has 1 aromatic rings. The molecule has 18 heavy (non-hydrogen) atoms. The van der Waals surface area contributed by atoms with Gasteiger partial charge in [-0.15, -0.1) is 0 Å². The summed E-state index contributed by atoms with van der Waals surface area (Å²) in [6.07, 6.45) is 2.27. The first-order valence-corrected chi connectivity index (χ1v) is 7.02. The van der Waals surface area contributed by atoms with Crippen LogP contribution in [0.5, 0.6) is 0 Å². The standard InChI is InChI=1S/C18H28/c1-9-11(2)12(3)10-18-16(7)14(5)13(4)15(6)17(18)8/h9-10H2,1-8H3/b12-11+. The van der Waals surface area contributed by atoms with Crippen molar-refractivity contribution in [1.82, 2.24) is 0 Å². The van der Waals surface area contributed by atoms with E-state index in [9.17, 15) is 0 Å². The molecule has 0 unspecified atom stereocenters. The Labute approximate surface area is 113 Å². The van der Waals surface area contributed by atoms with E-state index in [1.807, 2.05) is 0 Å². The SMILES string of the molecule is CC/C(C)=C(\C)Cc1c(C)c(C)c(C)c(C)c1C. The zero-order chi connectivity index (χ0) is 14.0. The maximum atomic E-state index is 2.28. The van der Waals surface area contributed by atoms with Gasteiger partial charge >= 0.3 is 0 Å². The van der Waals surface area contributed by atoms with Gasteiger partial charge in [0.15, 0.2) is 0 Å². The Morgan fingerprint density at radius 1 is 0.667 bits per heavy atom. The lowest BCUT2D eigenvalue weighted by Gasteiger charge is -2.19. The summed E-state index contributed by atoms with van der Waals surface area (Å²) in [5, 5.41) is 0. The van der Waals surface area contributed by atoms with E-state index in [1.54, 1.807) is 5.56 Å². The highest BCUT2D eigenvalue weighted by atomic mass is 14.2. The Morgan fingerprint density at radius 3 is 1.44 bits per heavy atom. The normalized spacial score (nSPS) is 12.7. The number of hydrogen-bond donors (Lipinski definition) is 0. The van der Waals surface area contributed by atoms with E-state index < -0.39 is 0 Å². The summed E-state index contributed by atoms with van der Waals surface area (Å²) in [6.45, 7) is 18.1. The molecule has 0 saturated carbocycles. The molecule has 100 valence electrons. The van der Waals surface area contributed by atoms with Gasteiger partial charge in [0.1, 0.15) is 0 Å². The Bertz CT molecular complexity index is 458. The molecule has 0 radical (unpaired) electrons. The van der Waals surface area contributed by atoms with Crippen LogP contribution in [-0.4, -0.2) is 0 Å². The molecule has 0 bridgehead atoms. The van der Waals surface area contributed by atoms with Crippen LogP contribution in [0, 0.1) is 34.6 Å². The molecule has 0 atom stereocenters. The van der Waals surface area contributed by atoms with Crippen molar-refractivity contribution >= 4 is 0 Å². The van der Waals surface area contributed by atoms with Crippen LogP contribution in [0.4, 0.5) is 0 Å². The van der Waals surface area contributed by atoms with Crippen molar-refractivity contribution in [3.8, 4) is 0 Å². The van der Waals surface area contributed by atoms with Crippen LogP contribution in [-0.2, 0) is 6.42 Å². The van der Waals surface area contributed by atoms with Gasteiger partial charge in [0.05, 0.1) is 0 Å². The highest BCUT2D eigenvalue weighted by molar-refractivity contribution is 5.50. The van der Waals surface area contributed by atoms with E-state index in [0.717, 1.165) is 12.8 Å². The van der Waals surface area contributed by atoms with Gasteiger partial charge in [0.25, 0.3) is 0 Å². The average molecular weight is 244 g/mol. The van der Waals surface area contributed by atoms with E-state index in [4.69, 9.17) is 0 Å². The Hall–Kier alpha value is -1.04. The molecule has 0 heteroatoms. The predicted molar refractivity (Wildman–Crippen MR) is 82.5 cm³/mol. The highest BCUT2D eigenvalue weighted by Gasteiger charge is 2.12. The second-order valence-corrected chi connectivity index (χ2v) is 5.69. The molecule has 0 N–H and O–H groups in total. The fourth-order valence-corrected chi connectivity index (χ4v) is 2.56. The second-order valence-electron chi connectivity index (χ2n) is 5.69. The van der Waals surface area contributed by atoms with Gasteiger partial charge in [0.2, 0.25) is 0 Å². The van der Waals surface area contributed by atoms with Crippen LogP contribution in [0.2, 0.25) is 0 Å². The summed E-state index contributed by atoms with van der Waals surface area (Å²) in [5.74, 6) is 0. The summed E-state index contributed by atoms with van der Waals surface area (Å²) in [6, 6.07) is 0. The molecule has 0 heterocycles. The fourth-order valence-electron chi connectivity index (χ4n) is 2.56. The molecule has 1 aromatic carbocycles. The van der Waals surface area contributed by atoms with Crippen LogP contribution in [0.1, 0.15) is 60.6 Å². The fraction of sp³-hybridized carbons (Fsp3) is 0.556. The lowest BCUT2D eigenvalue weighted by molar-refractivity contribution is 0.979. The minimum atomic E-state index is 1.11. The zero-order valence-electron chi connectivity index (χ0n) is 13.4. The Kier molecular flexibility index (Phi) is 4.78. The minimum absolute atomic E-state index is 1.11. The molecule has 1 rings (SSSR count). The molecule has 0 saturated heterocycles. The van der Waals surface area contributed by atoms with Gasteiger partial charge in [-0.05, 0) is 94.7 Å². The maximum Gasteiger partial charge on any atom is -0.00619 e. The summed E-state index contributed by atoms with van der Waals surface area (Å²) in [7, 11) is 0. The Balaban J connectivity index is 3.35. The molecular formula is C18H28. The van der Waals surface area contributed by atoms with Crippen molar-refractivity contribution in [3.63, 3.8) is 0 Å². The third-order valence-electron chi connectivity index (χ3n) is 4.86. The van der Waals surface area contributed by atoms with Gasteiger partial charge in [-0.1, -0.05) is 18.1 Å². The van der Waals surface area contributed by atoms with Gasteiger partial charge in [-0.3, -0.25) is 0 Å². The number of benzene rings is 1. The summed E-state index contributed by atoms with van der Waals surface area (Å²) < 4.78 is 0. The summed E-state index contributed by atoms with van der Waals surface area (Å²) in [4.78, 5) is 0. The first kappa shape index (κ1) is 15.0. The van der Waals surface area contributed by atoms with Gasteiger partial charge in [0, 0.05) is 0 Å². The summed E-state index contributed by atoms with van der Waals surface area (Å²) in [5.41, 5.74) is 12.0. The quantitative estimate of drug-likeness (QED) is 0.614. The molecule has 0 fully saturated rings. The van der Waals surface area contributed by atoms with Gasteiger partial charge in [-0.25, -0.2) is 0 Å². The van der Waals surface area contributed by atoms with Crippen LogP contribution >= 0.6 is 0 Å². The summed E-state index contributed by atoms with van der Waals surface area (Å²) >= 11 is 0. The lowest BCUT2D eigenvalue weighted by atomic mass is 9.86. The van der Waals surface area contributed by atoms with E-state index in [2.05, 4.69) is 55.4 Å². The van der Waals surface area contributed by atoms with E-state index >= 15 is 0 Å². The lowest BCUT2D eigenvalue weighted by Crippen LogP contribution is -2.04. The smallest absolute Gasteiger partial charge is 0.00619 e. The second kappa shape index (κ2) is 5.73. The van der Waals surface area contributed by atoms with Crippen LogP contribution in [0.15, 0.2) is 11.1 Å². The first-order valence-electron chi connectivity index (χ1n) is 7.02. The molecule has 0 aromatic heterocycles. The maximum absolute atomic E-state index is 2.28. The zero-order valence-corrected chi connectivity index (χ0v) is 13.4. The highest BCUT2D eigenvalue weighted by Crippen LogP contribution is 2.28. The number of rotatable bonds is 3. The van der Waals surface area contributed by atoms with Crippen molar-refractivity contribution in [2.45, 2.75) is 68.2 Å². The average Bonchev–Trinajstić information content (AvgIpc) is 2.37. The third kappa shape index (κ3) is 2.68. The van der Waals surface area contributed by atoms with Crippen LogP contribution < -0.4 is 0 Å². The molecule has 0 aliphatic carbocycles. The van der Waals surface area contributed by atoms with Crippen molar-refractivity contribution in [1.29, 1.82) is 0 Å². The minimum Gasteiger partial charge on any atom is -0.0743 e. The van der Waals surface area contributed by atoms with Gasteiger partial charge in [-0.2, -0.15) is 0 Å². The Morgan fingerprint density at radius 2 is 1.06 bits per heavy atom. The molecule has 0 aliphatic heterocycles. The number of allylic oxidation sites excluding steroid dienone is 2. The molecule has 0 amide bonds. The van der Waals surface area contributed by atoms with Crippen molar-refractivity contribution < 1.29 is 0 Å². The monoisotopic (exact) mass is 244 g/mol. The molecule has 0 nitrogen and oxygen atoms in total. The third-order valence-corrected chi connectivity index (χ3v) is 4.86. The number of hydrogen-bond acceptors (Lipinski definition) is 0. The topological polar surface area (TPSA) is 0 Å². The van der Waals surface area contributed by atoms with Crippen LogP contribution in [0.3, 0.4) is 0 Å². The predicted octanol–water partition coefficient (Wildman–Crippen LogP) is 5.52. The largest absolute Gasteiger partial charge is 0.0743 e. The van der Waals surface area contributed by atoms with E-state index in [1.165, 1.54) is 39.0 Å². The van der Waals surface area contributed by atoms with Crippen molar-refractivity contribution in [2.75, 3.05) is 0 Å². The molecule has 0 spiro atoms. The first-order chi connectivity index (χ1) is 8.31.